The number of hydrogen-bond acceptors (Lipinski definition) is 6. The van der Waals surface area contributed by atoms with Crippen molar-refractivity contribution < 1.29 is 38.4 Å². The summed E-state index contributed by atoms with van der Waals surface area (Å²) in [7, 11) is 1.53. The third-order valence-electron chi connectivity index (χ3n) is 8.57. The smallest absolute Gasteiger partial charge is 0.311 e. The number of aryl methyl sites for hydroxylation is 2. The summed E-state index contributed by atoms with van der Waals surface area (Å²) in [5.74, 6) is -1.48. The van der Waals surface area contributed by atoms with Gasteiger partial charge in [0.05, 0.1) is 24.2 Å². The van der Waals surface area contributed by atoms with Crippen LogP contribution < -0.4 is 4.74 Å². The van der Waals surface area contributed by atoms with Crippen LogP contribution in [0, 0.1) is 48.7 Å². The Labute approximate surface area is 231 Å². The average molecular weight is 554 g/mol. The molecule has 9 heteroatoms. The van der Waals surface area contributed by atoms with Crippen molar-refractivity contribution in [2.75, 3.05) is 20.3 Å². The molecule has 7 nitrogen and oxygen atoms in total. The Morgan fingerprint density at radius 1 is 1.18 bits per heavy atom. The average Bonchev–Trinajstić information content (AvgIpc) is 3.70. The van der Waals surface area contributed by atoms with Crippen molar-refractivity contribution in [3.8, 4) is 16.9 Å². The van der Waals surface area contributed by atoms with Gasteiger partial charge in [-0.3, -0.25) is 9.79 Å². The van der Waals surface area contributed by atoms with E-state index in [1.807, 2.05) is 0 Å². The van der Waals surface area contributed by atoms with Crippen molar-refractivity contribution in [1.82, 2.24) is 0 Å². The number of carboxylic acids is 1. The Kier molecular flexibility index (Phi) is 6.87. The minimum atomic E-state index is -1.24. The van der Waals surface area contributed by atoms with E-state index in [4.69, 9.17) is 9.47 Å². The molecule has 2 aromatic carbocycles. The molecule has 0 aliphatic heterocycles. The Bertz CT molecular complexity index is 1460. The lowest BCUT2D eigenvalue weighted by Crippen LogP contribution is -2.31. The van der Waals surface area contributed by atoms with Gasteiger partial charge < -0.3 is 24.8 Å². The fourth-order valence-electron chi connectivity index (χ4n) is 6.31. The minimum absolute atomic E-state index is 0.0184. The van der Waals surface area contributed by atoms with Gasteiger partial charge in [-0.15, -0.1) is 0 Å². The largest absolute Gasteiger partial charge is 0.493 e. The summed E-state index contributed by atoms with van der Waals surface area (Å²) in [5.41, 5.74) is 2.08. The van der Waals surface area contributed by atoms with E-state index >= 15 is 4.39 Å². The maximum Gasteiger partial charge on any atom is 0.311 e. The van der Waals surface area contributed by atoms with E-state index in [9.17, 15) is 24.5 Å². The lowest BCUT2D eigenvalue weighted by Gasteiger charge is -2.21. The molecule has 6 rings (SSSR count). The van der Waals surface area contributed by atoms with E-state index < -0.39 is 28.6 Å². The first kappa shape index (κ1) is 28.0. The number of carbonyl (C=O) groups is 1. The second-order valence-corrected chi connectivity index (χ2v) is 11.3. The van der Waals surface area contributed by atoms with Crippen molar-refractivity contribution in [2.24, 2.45) is 28.2 Å². The van der Waals surface area contributed by atoms with Crippen molar-refractivity contribution >= 4 is 11.9 Å². The molecule has 4 aliphatic rings. The Morgan fingerprint density at radius 3 is 2.40 bits per heavy atom. The van der Waals surface area contributed by atoms with E-state index in [0.29, 0.717) is 11.3 Å². The van der Waals surface area contributed by atoms with E-state index in [1.165, 1.54) is 20.0 Å². The minimum Gasteiger partial charge on any atom is -0.493 e. The molecule has 2 aromatic rings. The maximum atomic E-state index is 15.0. The summed E-state index contributed by atoms with van der Waals surface area (Å²) in [6.07, 6.45) is 1.92. The Balaban J connectivity index is 1.32. The van der Waals surface area contributed by atoms with Gasteiger partial charge in [-0.1, -0.05) is 6.58 Å². The van der Waals surface area contributed by atoms with Crippen molar-refractivity contribution in [3.63, 3.8) is 0 Å². The molecule has 0 radical (unpaired) electrons. The molecule has 4 saturated carbocycles. The number of aliphatic hydroxyl groups excluding tert-OH is 1. The van der Waals surface area contributed by atoms with Gasteiger partial charge in [-0.2, -0.15) is 0 Å². The van der Waals surface area contributed by atoms with Gasteiger partial charge in [0.1, 0.15) is 24.0 Å². The topological polar surface area (TPSA) is 109 Å². The van der Waals surface area contributed by atoms with Crippen LogP contribution in [0.3, 0.4) is 0 Å². The highest BCUT2D eigenvalue weighted by atomic mass is 19.1. The Hall–Kier alpha value is -3.56. The maximum absolute atomic E-state index is 15.0. The summed E-state index contributed by atoms with van der Waals surface area (Å²) in [5, 5.41) is 28.7. The lowest BCUT2D eigenvalue weighted by atomic mass is 9.93. The number of allylic oxidation sites excluding steroid dienone is 2. The zero-order valence-electron chi connectivity index (χ0n) is 22.9. The predicted molar refractivity (Wildman–Crippen MR) is 145 cm³/mol. The standard InChI is InChI=1S/C31H33F2NO6/c1-15-8-19(39-7-6-30(4,38)14-35)9-16(2)25(15)21-10-18(22(32)12-23(21)33)13-40-24(34-5)11-20-17(3)26-28-27(20)31(26,28)29(36)37/h8-12,26-28,35,38H,3,6-7,13-14H2,1-2,4-5H3,(H,36,37)/b20-11+,34-24+/t26-,27?,28-,30?,31+/m0/s1. The zero-order valence-corrected chi connectivity index (χ0v) is 22.9. The summed E-state index contributed by atoms with van der Waals surface area (Å²) in [6, 6.07) is 5.75. The van der Waals surface area contributed by atoms with E-state index in [2.05, 4.69) is 11.6 Å². The molecule has 2 bridgehead atoms. The second kappa shape index (κ2) is 9.82. The van der Waals surface area contributed by atoms with Crippen LogP contribution in [0.4, 0.5) is 8.78 Å². The number of aliphatic hydroxyl groups is 2. The van der Waals surface area contributed by atoms with Crippen LogP contribution in [0.5, 0.6) is 5.75 Å². The first-order valence-corrected chi connectivity index (χ1v) is 13.2. The number of ether oxygens (including phenoxy) is 2. The molecule has 0 spiro atoms. The van der Waals surface area contributed by atoms with E-state index in [-0.39, 0.29) is 61.0 Å². The summed E-state index contributed by atoms with van der Waals surface area (Å²) in [4.78, 5) is 15.8. The van der Waals surface area contributed by atoms with Crippen LogP contribution in [-0.4, -0.2) is 53.0 Å². The SMILES string of the molecule is C=C1/C(=C\C(=N/C)OCc2cc(-c3c(C)cc(OCCC(C)(O)CO)cc3C)c(F)cc2F)C2[C@@H]3[C@H]1[C@@]23C(=O)O. The number of fused-ring (bicyclic) bond motifs is 1. The van der Waals surface area contributed by atoms with Crippen LogP contribution in [0.1, 0.15) is 30.0 Å². The second-order valence-electron chi connectivity index (χ2n) is 11.3. The number of aliphatic carboxylic acids is 1. The van der Waals surface area contributed by atoms with Crippen molar-refractivity contribution in [3.05, 3.63) is 76.4 Å². The molecule has 3 N–H and O–H groups in total. The van der Waals surface area contributed by atoms with Crippen LogP contribution in [0.15, 0.2) is 53.1 Å². The van der Waals surface area contributed by atoms with Crippen LogP contribution >= 0.6 is 0 Å². The first-order chi connectivity index (χ1) is 18.9. The number of nitrogens with zero attached hydrogens (tertiary/aromatic N) is 1. The first-order valence-electron chi connectivity index (χ1n) is 13.2. The number of aliphatic imine (C=N–C) groups is 1. The molecule has 0 saturated heterocycles. The predicted octanol–water partition coefficient (Wildman–Crippen LogP) is 4.75. The van der Waals surface area contributed by atoms with Gasteiger partial charge >= 0.3 is 5.97 Å². The normalized spacial score (nSPS) is 26.9. The van der Waals surface area contributed by atoms with E-state index in [1.54, 1.807) is 32.1 Å². The molecule has 0 amide bonds. The van der Waals surface area contributed by atoms with Gasteiger partial charge in [-0.05, 0) is 72.7 Å². The van der Waals surface area contributed by atoms with Crippen LogP contribution in [0.2, 0.25) is 0 Å². The molecule has 4 aliphatic carbocycles. The lowest BCUT2D eigenvalue weighted by molar-refractivity contribution is -0.141. The summed E-state index contributed by atoms with van der Waals surface area (Å²) >= 11 is 0. The number of halogens is 2. The number of rotatable bonds is 10. The van der Waals surface area contributed by atoms with Gasteiger partial charge in [-0.25, -0.2) is 8.78 Å². The van der Waals surface area contributed by atoms with Gasteiger partial charge in [0.2, 0.25) is 5.90 Å². The fraction of sp³-hybridized carbons (Fsp3) is 0.419. The van der Waals surface area contributed by atoms with Crippen LogP contribution in [0.25, 0.3) is 11.1 Å². The number of carboxylic acid groups (broad SMARTS) is 1. The highest BCUT2D eigenvalue weighted by molar-refractivity contribution is 5.96. The zero-order chi connectivity index (χ0) is 29.1. The van der Waals surface area contributed by atoms with Gasteiger partial charge in [0.25, 0.3) is 0 Å². The van der Waals surface area contributed by atoms with E-state index in [0.717, 1.165) is 28.3 Å². The van der Waals surface area contributed by atoms with Crippen molar-refractivity contribution in [2.45, 2.75) is 39.4 Å². The van der Waals surface area contributed by atoms with Gasteiger partial charge in [0.15, 0.2) is 0 Å². The third-order valence-corrected chi connectivity index (χ3v) is 8.57. The highest BCUT2D eigenvalue weighted by Gasteiger charge is 2.96. The summed E-state index contributed by atoms with van der Waals surface area (Å²) < 4.78 is 41.4. The molecule has 0 aromatic heterocycles. The molecule has 212 valence electrons. The molecule has 5 atom stereocenters. The van der Waals surface area contributed by atoms with Gasteiger partial charge in [0, 0.05) is 48.6 Å². The fourth-order valence-corrected chi connectivity index (χ4v) is 6.31. The Morgan fingerprint density at radius 2 is 1.85 bits per heavy atom. The van der Waals surface area contributed by atoms with Crippen LogP contribution in [-0.2, 0) is 16.1 Å². The summed E-state index contributed by atoms with van der Waals surface area (Å²) in [6.45, 7) is 8.79. The number of benzene rings is 2. The highest BCUT2D eigenvalue weighted by Crippen LogP contribution is 2.94. The molecule has 0 heterocycles. The molecular formula is C31H33F2NO6. The quantitative estimate of drug-likeness (QED) is 0.290. The van der Waals surface area contributed by atoms with Crippen molar-refractivity contribution in [1.29, 1.82) is 0 Å². The monoisotopic (exact) mass is 553 g/mol. The molecule has 40 heavy (non-hydrogen) atoms. The molecular weight excluding hydrogens is 520 g/mol. The molecule has 4 fully saturated rings. The molecule has 2 unspecified atom stereocenters. The third kappa shape index (κ3) is 4.41. The number of hydrogen-bond donors (Lipinski definition) is 3.